The first-order valence-corrected chi connectivity index (χ1v) is 5.69. The maximum Gasteiger partial charge on any atom is 0.123 e. The molecule has 0 unspecified atom stereocenters. The van der Waals surface area contributed by atoms with Crippen molar-refractivity contribution in [2.24, 2.45) is 0 Å². The zero-order chi connectivity index (χ0) is 12.4. The first-order valence-electron chi connectivity index (χ1n) is 5.69. The smallest absolute Gasteiger partial charge is 0.123 e. The number of rotatable bonds is 2. The molecule has 0 radical (unpaired) electrons. The van der Waals surface area contributed by atoms with Gasteiger partial charge in [0.15, 0.2) is 0 Å². The molecule has 2 aromatic carbocycles. The van der Waals surface area contributed by atoms with Crippen molar-refractivity contribution in [2.75, 3.05) is 0 Å². The molecule has 0 spiro atoms. The maximum absolute atomic E-state index is 13.0. The van der Waals surface area contributed by atoms with Crippen molar-refractivity contribution in [1.29, 1.82) is 0 Å². The fourth-order valence-corrected chi connectivity index (χ4v) is 1.96. The number of hydrogen-bond acceptors (Lipinski definition) is 1. The lowest BCUT2D eigenvalue weighted by Gasteiger charge is -2.09. The fourth-order valence-electron chi connectivity index (χ4n) is 1.96. The van der Waals surface area contributed by atoms with E-state index < -0.39 is 0 Å². The average molecular weight is 238 g/mol. The molecule has 0 aliphatic rings. The number of halogens is 1. The topological polar surface area (TPSA) is 17.8 Å². The molecule has 0 N–H and O–H groups in total. The Morgan fingerprint density at radius 3 is 2.39 bits per heavy atom. The summed E-state index contributed by atoms with van der Waals surface area (Å²) in [5, 5.41) is 4.23. The number of aromatic nitrogens is 2. The van der Waals surface area contributed by atoms with Gasteiger partial charge in [-0.3, -0.25) is 0 Å². The second-order valence-electron chi connectivity index (χ2n) is 3.97. The van der Waals surface area contributed by atoms with E-state index >= 15 is 0 Å². The highest BCUT2D eigenvalue weighted by atomic mass is 19.1. The Morgan fingerprint density at radius 1 is 0.889 bits per heavy atom. The van der Waals surface area contributed by atoms with Crippen LogP contribution in [0.1, 0.15) is 0 Å². The van der Waals surface area contributed by atoms with Gasteiger partial charge in [-0.1, -0.05) is 30.3 Å². The Kier molecular flexibility index (Phi) is 2.65. The van der Waals surface area contributed by atoms with Gasteiger partial charge in [-0.2, -0.15) is 5.10 Å². The van der Waals surface area contributed by atoms with E-state index in [4.69, 9.17) is 0 Å². The fraction of sp³-hybridized carbons (Fsp3) is 0. The van der Waals surface area contributed by atoms with Gasteiger partial charge in [-0.05, 0) is 29.8 Å². The zero-order valence-electron chi connectivity index (χ0n) is 9.62. The van der Waals surface area contributed by atoms with Crippen LogP contribution in [0.5, 0.6) is 0 Å². The van der Waals surface area contributed by atoms with E-state index in [0.717, 1.165) is 16.8 Å². The van der Waals surface area contributed by atoms with Crippen LogP contribution >= 0.6 is 0 Å². The van der Waals surface area contributed by atoms with Gasteiger partial charge in [-0.25, -0.2) is 9.07 Å². The van der Waals surface area contributed by atoms with E-state index in [0.29, 0.717) is 0 Å². The van der Waals surface area contributed by atoms with Crippen LogP contribution in [0.2, 0.25) is 0 Å². The minimum absolute atomic E-state index is 0.227. The molecule has 3 aromatic rings. The lowest BCUT2D eigenvalue weighted by molar-refractivity contribution is 0.628. The van der Waals surface area contributed by atoms with Crippen molar-refractivity contribution < 1.29 is 4.39 Å². The van der Waals surface area contributed by atoms with Gasteiger partial charge in [0.2, 0.25) is 0 Å². The predicted molar refractivity (Wildman–Crippen MR) is 69.0 cm³/mol. The molecular weight excluding hydrogens is 227 g/mol. The van der Waals surface area contributed by atoms with Crippen LogP contribution in [0.4, 0.5) is 4.39 Å². The van der Waals surface area contributed by atoms with Crippen molar-refractivity contribution in [3.63, 3.8) is 0 Å². The van der Waals surface area contributed by atoms with Gasteiger partial charge in [0.05, 0.1) is 5.69 Å². The standard InChI is InChI=1S/C15H11FN2/c16-13-8-6-12(7-9-13)14-4-1-2-5-15(14)18-11-3-10-17-18/h1-11H. The highest BCUT2D eigenvalue weighted by Gasteiger charge is 2.06. The highest BCUT2D eigenvalue weighted by Crippen LogP contribution is 2.26. The second-order valence-corrected chi connectivity index (χ2v) is 3.97. The van der Waals surface area contributed by atoms with Crippen molar-refractivity contribution >= 4 is 0 Å². The van der Waals surface area contributed by atoms with Gasteiger partial charge in [0.25, 0.3) is 0 Å². The molecule has 0 aliphatic heterocycles. The third-order valence-electron chi connectivity index (χ3n) is 2.81. The number of benzene rings is 2. The molecule has 0 aliphatic carbocycles. The normalized spacial score (nSPS) is 10.5. The number of hydrogen-bond donors (Lipinski definition) is 0. The Bertz CT molecular complexity index is 643. The second kappa shape index (κ2) is 4.45. The van der Waals surface area contributed by atoms with Gasteiger partial charge in [-0.15, -0.1) is 0 Å². The summed E-state index contributed by atoms with van der Waals surface area (Å²) < 4.78 is 14.8. The molecule has 1 heterocycles. The van der Waals surface area contributed by atoms with E-state index in [1.165, 1.54) is 12.1 Å². The summed E-state index contributed by atoms with van der Waals surface area (Å²) >= 11 is 0. The zero-order valence-corrected chi connectivity index (χ0v) is 9.62. The van der Waals surface area contributed by atoms with Gasteiger partial charge < -0.3 is 0 Å². The largest absolute Gasteiger partial charge is 0.240 e. The van der Waals surface area contributed by atoms with Crippen LogP contribution in [0.25, 0.3) is 16.8 Å². The van der Waals surface area contributed by atoms with E-state index in [-0.39, 0.29) is 5.82 Å². The van der Waals surface area contributed by atoms with E-state index in [9.17, 15) is 4.39 Å². The lowest BCUT2D eigenvalue weighted by atomic mass is 10.0. The third kappa shape index (κ3) is 1.91. The van der Waals surface area contributed by atoms with Crippen LogP contribution in [0.15, 0.2) is 67.0 Å². The summed E-state index contributed by atoms with van der Waals surface area (Å²) in [6, 6.07) is 16.3. The van der Waals surface area contributed by atoms with Crippen LogP contribution in [0, 0.1) is 5.82 Å². The van der Waals surface area contributed by atoms with Gasteiger partial charge in [0, 0.05) is 18.0 Å². The molecule has 88 valence electrons. The summed E-state index contributed by atoms with van der Waals surface area (Å²) in [7, 11) is 0. The van der Waals surface area contributed by atoms with Gasteiger partial charge in [0.1, 0.15) is 5.82 Å². The molecule has 18 heavy (non-hydrogen) atoms. The van der Waals surface area contributed by atoms with Crippen LogP contribution in [-0.2, 0) is 0 Å². The molecule has 0 amide bonds. The van der Waals surface area contributed by atoms with Crippen molar-refractivity contribution in [3.8, 4) is 16.8 Å². The quantitative estimate of drug-likeness (QED) is 0.666. The maximum atomic E-state index is 13.0. The lowest BCUT2D eigenvalue weighted by Crippen LogP contribution is -1.96. The summed E-state index contributed by atoms with van der Waals surface area (Å²) in [5.41, 5.74) is 2.98. The van der Waals surface area contributed by atoms with E-state index in [1.54, 1.807) is 23.0 Å². The molecule has 1 aromatic heterocycles. The highest BCUT2D eigenvalue weighted by molar-refractivity contribution is 5.72. The molecule has 2 nitrogen and oxygen atoms in total. The molecule has 0 saturated carbocycles. The predicted octanol–water partition coefficient (Wildman–Crippen LogP) is 3.68. The summed E-state index contributed by atoms with van der Waals surface area (Å²) in [5.74, 6) is -0.227. The molecule has 0 bridgehead atoms. The Hall–Kier alpha value is -2.42. The van der Waals surface area contributed by atoms with Crippen molar-refractivity contribution in [1.82, 2.24) is 9.78 Å². The average Bonchev–Trinajstić information content (AvgIpc) is 2.93. The Balaban J connectivity index is 2.15. The summed E-state index contributed by atoms with van der Waals surface area (Å²) in [4.78, 5) is 0. The van der Waals surface area contributed by atoms with Crippen molar-refractivity contribution in [3.05, 3.63) is 72.8 Å². The SMILES string of the molecule is Fc1ccc(-c2ccccc2-n2cccn2)cc1. The van der Waals surface area contributed by atoms with Crippen LogP contribution < -0.4 is 0 Å². The molecule has 3 rings (SSSR count). The van der Waals surface area contributed by atoms with Crippen LogP contribution in [0.3, 0.4) is 0 Å². The molecular formula is C15H11FN2. The van der Waals surface area contributed by atoms with E-state index in [1.807, 2.05) is 36.5 Å². The number of para-hydroxylation sites is 1. The third-order valence-corrected chi connectivity index (χ3v) is 2.81. The molecule has 0 atom stereocenters. The first-order chi connectivity index (χ1) is 8.84. The summed E-state index contributed by atoms with van der Waals surface area (Å²) in [6.07, 6.45) is 3.63. The Morgan fingerprint density at radius 2 is 1.67 bits per heavy atom. The first kappa shape index (κ1) is 10.7. The van der Waals surface area contributed by atoms with Crippen molar-refractivity contribution in [2.45, 2.75) is 0 Å². The molecule has 3 heteroatoms. The monoisotopic (exact) mass is 238 g/mol. The Labute approximate surface area is 104 Å². The van der Waals surface area contributed by atoms with Crippen LogP contribution in [-0.4, -0.2) is 9.78 Å². The minimum Gasteiger partial charge on any atom is -0.240 e. The summed E-state index contributed by atoms with van der Waals surface area (Å²) in [6.45, 7) is 0. The number of nitrogens with zero attached hydrogens (tertiary/aromatic N) is 2. The van der Waals surface area contributed by atoms with Gasteiger partial charge >= 0.3 is 0 Å². The van der Waals surface area contributed by atoms with E-state index in [2.05, 4.69) is 5.10 Å². The molecule has 0 saturated heterocycles. The molecule has 0 fully saturated rings. The minimum atomic E-state index is -0.227.